The summed E-state index contributed by atoms with van der Waals surface area (Å²) in [6.07, 6.45) is 2.51. The predicted octanol–water partition coefficient (Wildman–Crippen LogP) is 2.02. The van der Waals surface area contributed by atoms with Crippen LogP contribution in [-0.4, -0.2) is 25.6 Å². The van der Waals surface area contributed by atoms with E-state index in [-0.39, 0.29) is 5.91 Å². The number of rotatable bonds is 7. The fraction of sp³-hybridized carbons (Fsp3) is 0.500. The summed E-state index contributed by atoms with van der Waals surface area (Å²) in [4.78, 5) is 11.6. The Balaban J connectivity index is 1.73. The van der Waals surface area contributed by atoms with Crippen LogP contribution in [0.15, 0.2) is 24.3 Å². The summed E-state index contributed by atoms with van der Waals surface area (Å²) in [7, 11) is 0. The molecular formula is C14H20N2O2. The van der Waals surface area contributed by atoms with Crippen LogP contribution in [0.25, 0.3) is 0 Å². The summed E-state index contributed by atoms with van der Waals surface area (Å²) in [5.74, 6) is 1.58. The zero-order chi connectivity index (χ0) is 12.8. The molecule has 1 aromatic rings. The number of carbonyl (C=O) groups is 1. The third-order valence-corrected chi connectivity index (χ3v) is 2.88. The van der Waals surface area contributed by atoms with Crippen LogP contribution in [0, 0.1) is 5.92 Å². The van der Waals surface area contributed by atoms with E-state index in [9.17, 15) is 4.79 Å². The van der Waals surface area contributed by atoms with E-state index in [0.717, 1.165) is 23.9 Å². The van der Waals surface area contributed by atoms with Crippen molar-refractivity contribution in [3.05, 3.63) is 24.3 Å². The zero-order valence-electron chi connectivity index (χ0n) is 10.7. The van der Waals surface area contributed by atoms with Crippen molar-refractivity contribution in [2.24, 2.45) is 5.92 Å². The maximum atomic E-state index is 11.6. The van der Waals surface area contributed by atoms with Gasteiger partial charge in [-0.25, -0.2) is 0 Å². The number of anilines is 1. The molecule has 0 saturated heterocycles. The zero-order valence-corrected chi connectivity index (χ0v) is 10.7. The molecule has 4 heteroatoms. The minimum absolute atomic E-state index is 0.0451. The van der Waals surface area contributed by atoms with Gasteiger partial charge >= 0.3 is 0 Å². The largest absolute Gasteiger partial charge is 0.494 e. The highest BCUT2D eigenvalue weighted by molar-refractivity contribution is 5.80. The van der Waals surface area contributed by atoms with Gasteiger partial charge in [0, 0.05) is 18.3 Å². The molecule has 0 radical (unpaired) electrons. The molecule has 0 atom stereocenters. The molecule has 1 saturated carbocycles. The Morgan fingerprint density at radius 1 is 1.44 bits per heavy atom. The first-order valence-corrected chi connectivity index (χ1v) is 6.51. The van der Waals surface area contributed by atoms with Crippen molar-refractivity contribution in [2.45, 2.75) is 19.8 Å². The summed E-state index contributed by atoms with van der Waals surface area (Å²) in [6.45, 7) is 3.72. The summed E-state index contributed by atoms with van der Waals surface area (Å²) in [5.41, 5.74) is 0.905. The molecule has 0 aromatic heterocycles. The first kappa shape index (κ1) is 12.7. The molecule has 2 rings (SSSR count). The van der Waals surface area contributed by atoms with E-state index < -0.39 is 0 Å². The predicted molar refractivity (Wildman–Crippen MR) is 71.8 cm³/mol. The minimum atomic E-state index is 0.0451. The molecule has 1 aliphatic rings. The van der Waals surface area contributed by atoms with Gasteiger partial charge in [0.05, 0.1) is 13.2 Å². The van der Waals surface area contributed by atoms with E-state index in [0.29, 0.717) is 13.2 Å². The second kappa shape index (κ2) is 6.28. The smallest absolute Gasteiger partial charge is 0.239 e. The monoisotopic (exact) mass is 248 g/mol. The molecule has 1 amide bonds. The fourth-order valence-corrected chi connectivity index (χ4v) is 1.69. The number of benzene rings is 1. The topological polar surface area (TPSA) is 50.4 Å². The molecule has 0 spiro atoms. The average molecular weight is 248 g/mol. The summed E-state index contributed by atoms with van der Waals surface area (Å²) in [6, 6.07) is 7.64. The molecule has 1 fully saturated rings. The lowest BCUT2D eigenvalue weighted by Crippen LogP contribution is -2.31. The van der Waals surface area contributed by atoms with Crippen LogP contribution in [0.5, 0.6) is 5.75 Å². The molecule has 0 aliphatic heterocycles. The Morgan fingerprint density at radius 2 is 2.28 bits per heavy atom. The van der Waals surface area contributed by atoms with Gasteiger partial charge in [-0.2, -0.15) is 0 Å². The Labute approximate surface area is 108 Å². The molecule has 98 valence electrons. The van der Waals surface area contributed by atoms with Gasteiger partial charge < -0.3 is 15.4 Å². The van der Waals surface area contributed by atoms with Crippen LogP contribution >= 0.6 is 0 Å². The number of carbonyl (C=O) groups excluding carboxylic acids is 1. The van der Waals surface area contributed by atoms with Crippen molar-refractivity contribution in [3.8, 4) is 5.75 Å². The van der Waals surface area contributed by atoms with Gasteiger partial charge in [-0.05, 0) is 37.8 Å². The second-order valence-electron chi connectivity index (χ2n) is 4.56. The Hall–Kier alpha value is -1.71. The number of ether oxygens (including phenoxy) is 1. The SMILES string of the molecule is CCOc1cccc(NCC(=O)NCC2CC2)c1. The lowest BCUT2D eigenvalue weighted by Gasteiger charge is -2.09. The third-order valence-electron chi connectivity index (χ3n) is 2.88. The van der Waals surface area contributed by atoms with E-state index in [1.807, 2.05) is 31.2 Å². The maximum Gasteiger partial charge on any atom is 0.239 e. The molecule has 18 heavy (non-hydrogen) atoms. The van der Waals surface area contributed by atoms with Gasteiger partial charge in [0.2, 0.25) is 5.91 Å². The van der Waals surface area contributed by atoms with Crippen LogP contribution in [0.2, 0.25) is 0 Å². The number of nitrogens with one attached hydrogen (secondary N) is 2. The first-order valence-electron chi connectivity index (χ1n) is 6.51. The van der Waals surface area contributed by atoms with E-state index in [2.05, 4.69) is 10.6 Å². The van der Waals surface area contributed by atoms with Crippen LogP contribution in [0.1, 0.15) is 19.8 Å². The van der Waals surface area contributed by atoms with Crippen molar-refractivity contribution in [3.63, 3.8) is 0 Å². The molecule has 2 N–H and O–H groups in total. The van der Waals surface area contributed by atoms with Crippen molar-refractivity contribution >= 4 is 11.6 Å². The minimum Gasteiger partial charge on any atom is -0.494 e. The molecule has 0 heterocycles. The summed E-state index contributed by atoms with van der Waals surface area (Å²) in [5, 5.41) is 6.02. The van der Waals surface area contributed by atoms with Gasteiger partial charge in [-0.1, -0.05) is 6.07 Å². The summed E-state index contributed by atoms with van der Waals surface area (Å²) >= 11 is 0. The number of hydrogen-bond acceptors (Lipinski definition) is 3. The van der Waals surface area contributed by atoms with E-state index in [1.54, 1.807) is 0 Å². The molecule has 1 aromatic carbocycles. The molecule has 4 nitrogen and oxygen atoms in total. The Kier molecular flexibility index (Phi) is 4.45. The lowest BCUT2D eigenvalue weighted by atomic mass is 10.3. The molecule has 1 aliphatic carbocycles. The van der Waals surface area contributed by atoms with Gasteiger partial charge in [0.1, 0.15) is 5.75 Å². The third kappa shape index (κ3) is 4.28. The highest BCUT2D eigenvalue weighted by Crippen LogP contribution is 2.27. The van der Waals surface area contributed by atoms with Crippen LogP contribution in [-0.2, 0) is 4.79 Å². The van der Waals surface area contributed by atoms with Crippen molar-refractivity contribution in [2.75, 3.05) is 25.0 Å². The second-order valence-corrected chi connectivity index (χ2v) is 4.56. The highest BCUT2D eigenvalue weighted by atomic mass is 16.5. The lowest BCUT2D eigenvalue weighted by molar-refractivity contribution is -0.119. The Morgan fingerprint density at radius 3 is 3.00 bits per heavy atom. The fourth-order valence-electron chi connectivity index (χ4n) is 1.69. The maximum absolute atomic E-state index is 11.6. The van der Waals surface area contributed by atoms with Gasteiger partial charge in [-0.3, -0.25) is 4.79 Å². The quantitative estimate of drug-likeness (QED) is 0.776. The molecule has 0 unspecified atom stereocenters. The average Bonchev–Trinajstić information content (AvgIpc) is 3.19. The van der Waals surface area contributed by atoms with E-state index in [4.69, 9.17) is 4.74 Å². The molecule has 0 bridgehead atoms. The first-order chi connectivity index (χ1) is 8.78. The van der Waals surface area contributed by atoms with Gasteiger partial charge in [0.15, 0.2) is 0 Å². The van der Waals surface area contributed by atoms with Crippen LogP contribution in [0.4, 0.5) is 5.69 Å². The standard InChI is InChI=1S/C14H20N2O2/c1-2-18-13-5-3-4-12(8-13)15-10-14(17)16-9-11-6-7-11/h3-5,8,11,15H,2,6-7,9-10H2,1H3,(H,16,17). The van der Waals surface area contributed by atoms with E-state index in [1.165, 1.54) is 12.8 Å². The van der Waals surface area contributed by atoms with Gasteiger partial charge in [0.25, 0.3) is 0 Å². The normalized spacial score (nSPS) is 14.1. The van der Waals surface area contributed by atoms with Crippen LogP contribution in [0.3, 0.4) is 0 Å². The van der Waals surface area contributed by atoms with Gasteiger partial charge in [-0.15, -0.1) is 0 Å². The van der Waals surface area contributed by atoms with Crippen molar-refractivity contribution in [1.29, 1.82) is 0 Å². The Bertz CT molecular complexity index is 403. The number of amides is 1. The number of hydrogen-bond donors (Lipinski definition) is 2. The van der Waals surface area contributed by atoms with Crippen LogP contribution < -0.4 is 15.4 Å². The summed E-state index contributed by atoms with van der Waals surface area (Å²) < 4.78 is 5.40. The molecular weight excluding hydrogens is 228 g/mol. The van der Waals surface area contributed by atoms with E-state index >= 15 is 0 Å². The van der Waals surface area contributed by atoms with Crippen molar-refractivity contribution < 1.29 is 9.53 Å². The highest BCUT2D eigenvalue weighted by Gasteiger charge is 2.21. The van der Waals surface area contributed by atoms with Crippen molar-refractivity contribution in [1.82, 2.24) is 5.32 Å².